The maximum atomic E-state index is 10.6. The number of rotatable bonds is 4. The molecular weight excluding hydrogens is 313 g/mol. The first kappa shape index (κ1) is 13.3. The van der Waals surface area contributed by atoms with Crippen LogP contribution in [0.5, 0.6) is 5.75 Å². The number of hydrogen-bond acceptors (Lipinski definition) is 3. The van der Waals surface area contributed by atoms with Crippen molar-refractivity contribution in [3.05, 3.63) is 33.9 Å². The van der Waals surface area contributed by atoms with Crippen LogP contribution in [0.1, 0.15) is 5.56 Å². The minimum atomic E-state index is -1.94. The van der Waals surface area contributed by atoms with Gasteiger partial charge in [0.15, 0.2) is 0 Å². The second-order valence-electron chi connectivity index (χ2n) is 4.99. The Hall–Kier alpha value is -0.781. The zero-order valence-electron chi connectivity index (χ0n) is 10.1. The molecule has 0 radical (unpaired) electrons. The predicted octanol–water partition coefficient (Wildman–Crippen LogP) is 3.02. The first-order chi connectivity index (χ1) is 7.33. The number of benzene rings is 1. The van der Waals surface area contributed by atoms with Gasteiger partial charge >= 0.3 is 99.7 Å². The first-order valence-electron chi connectivity index (χ1n) is 5.15. The van der Waals surface area contributed by atoms with Gasteiger partial charge in [0.2, 0.25) is 0 Å². The van der Waals surface area contributed by atoms with Gasteiger partial charge in [-0.1, -0.05) is 0 Å². The van der Waals surface area contributed by atoms with Crippen molar-refractivity contribution in [1.82, 2.24) is 0 Å². The summed E-state index contributed by atoms with van der Waals surface area (Å²) in [5, 5.41) is 10.6. The Morgan fingerprint density at radius 1 is 1.38 bits per heavy atom. The maximum absolute atomic E-state index is 10.6. The zero-order chi connectivity index (χ0) is 12.3. The quantitative estimate of drug-likeness (QED) is 0.484. The van der Waals surface area contributed by atoms with Gasteiger partial charge in [0.05, 0.1) is 0 Å². The van der Waals surface area contributed by atoms with Crippen LogP contribution in [0.25, 0.3) is 0 Å². The molecule has 0 bridgehead atoms. The minimum absolute atomic E-state index is 0.0877. The van der Waals surface area contributed by atoms with E-state index >= 15 is 0 Å². The number of ether oxygens (including phenoxy) is 1. The fraction of sp³-hybridized carbons (Fsp3) is 0.455. The number of non-ortho nitro benzene ring substituents is 1. The fourth-order valence-electron chi connectivity index (χ4n) is 1.56. The van der Waals surface area contributed by atoms with Crippen LogP contribution < -0.4 is 4.74 Å². The van der Waals surface area contributed by atoms with Gasteiger partial charge in [-0.15, -0.1) is 0 Å². The fourth-order valence-corrected chi connectivity index (χ4v) is 5.66. The molecule has 0 aromatic heterocycles. The molecule has 4 nitrogen and oxygen atoms in total. The van der Waals surface area contributed by atoms with Crippen molar-refractivity contribution in [1.29, 1.82) is 0 Å². The van der Waals surface area contributed by atoms with Crippen molar-refractivity contribution in [2.24, 2.45) is 0 Å². The molecule has 1 aromatic rings. The van der Waals surface area contributed by atoms with Gasteiger partial charge in [0, 0.05) is 0 Å². The molecule has 0 atom stereocenters. The van der Waals surface area contributed by atoms with Gasteiger partial charge in [-0.3, -0.25) is 0 Å². The standard InChI is InChI=1S/C8H8NO3.3CH3.Sn/c1-6-3-4-7(9(10)11)5-8(6)12-2;;;;/h3-5H,1H2,2H3;3*1H3;. The summed E-state index contributed by atoms with van der Waals surface area (Å²) in [5.74, 6) is 0.640. The third-order valence-electron chi connectivity index (χ3n) is 2.20. The molecule has 0 aliphatic carbocycles. The summed E-state index contributed by atoms with van der Waals surface area (Å²) in [6, 6.07) is 4.88. The van der Waals surface area contributed by atoms with Crippen LogP contribution >= 0.6 is 0 Å². The van der Waals surface area contributed by atoms with E-state index in [4.69, 9.17) is 4.74 Å². The van der Waals surface area contributed by atoms with Crippen molar-refractivity contribution in [3.8, 4) is 5.75 Å². The monoisotopic (exact) mass is 331 g/mol. The molecular formula is C11H17NO3Sn. The Morgan fingerprint density at radius 2 is 2.00 bits per heavy atom. The van der Waals surface area contributed by atoms with Crippen molar-refractivity contribution in [2.75, 3.05) is 7.11 Å². The number of hydrogen-bond donors (Lipinski definition) is 0. The van der Waals surface area contributed by atoms with Gasteiger partial charge in [0.25, 0.3) is 0 Å². The molecule has 0 fully saturated rings. The Labute approximate surface area is 99.6 Å². The van der Waals surface area contributed by atoms with Gasteiger partial charge in [-0.25, -0.2) is 0 Å². The number of nitrogens with zero attached hydrogens (tertiary/aromatic N) is 1. The molecule has 0 unspecified atom stereocenters. The Morgan fingerprint density at radius 3 is 2.44 bits per heavy atom. The summed E-state index contributed by atoms with van der Waals surface area (Å²) in [4.78, 5) is 17.2. The average molecular weight is 330 g/mol. The topological polar surface area (TPSA) is 52.4 Å². The molecule has 16 heavy (non-hydrogen) atoms. The van der Waals surface area contributed by atoms with E-state index < -0.39 is 23.3 Å². The van der Waals surface area contributed by atoms with E-state index in [0.29, 0.717) is 5.75 Å². The van der Waals surface area contributed by atoms with E-state index in [1.165, 1.54) is 6.07 Å². The predicted molar refractivity (Wildman–Crippen MR) is 66.7 cm³/mol. The van der Waals surface area contributed by atoms with Crippen LogP contribution in [0, 0.1) is 10.1 Å². The Bertz CT molecular complexity index is 399. The third kappa shape index (κ3) is 3.66. The van der Waals surface area contributed by atoms with Crippen LogP contribution in [-0.2, 0) is 4.44 Å². The summed E-state index contributed by atoms with van der Waals surface area (Å²) in [7, 11) is 1.56. The molecule has 1 rings (SSSR count). The van der Waals surface area contributed by atoms with E-state index in [-0.39, 0.29) is 5.69 Å². The van der Waals surface area contributed by atoms with Crippen molar-refractivity contribution in [3.63, 3.8) is 0 Å². The van der Waals surface area contributed by atoms with Gasteiger partial charge in [-0.05, 0) is 0 Å². The van der Waals surface area contributed by atoms with Gasteiger partial charge in [-0.2, -0.15) is 0 Å². The normalized spacial score (nSPS) is 11.2. The van der Waals surface area contributed by atoms with E-state index in [9.17, 15) is 10.1 Å². The second-order valence-corrected chi connectivity index (χ2v) is 20.6. The molecule has 0 N–H and O–H groups in total. The molecule has 0 aliphatic heterocycles. The molecule has 0 heterocycles. The van der Waals surface area contributed by atoms with E-state index in [1.54, 1.807) is 13.2 Å². The number of nitro groups is 1. The molecule has 0 amide bonds. The third-order valence-corrected chi connectivity index (χ3v) is 6.32. The first-order valence-corrected chi connectivity index (χ1v) is 15.7. The summed E-state index contributed by atoms with van der Waals surface area (Å²) < 4.78 is 6.25. The Kier molecular flexibility index (Phi) is 4.18. The average Bonchev–Trinajstić information content (AvgIpc) is 2.15. The second kappa shape index (κ2) is 5.03. The van der Waals surface area contributed by atoms with E-state index in [1.807, 2.05) is 6.07 Å². The Balaban J connectivity index is 3.07. The van der Waals surface area contributed by atoms with E-state index in [2.05, 4.69) is 14.8 Å². The SMILES string of the molecule is COc1cc([N+](=O)[O-])ccc1[CH2][Sn]([CH3])([CH3])[CH3]. The van der Waals surface area contributed by atoms with Crippen LogP contribution in [0.3, 0.4) is 0 Å². The molecule has 1 aromatic carbocycles. The zero-order valence-corrected chi connectivity index (χ0v) is 13.0. The van der Waals surface area contributed by atoms with Gasteiger partial charge < -0.3 is 0 Å². The summed E-state index contributed by atoms with van der Waals surface area (Å²) in [5.41, 5.74) is 1.18. The van der Waals surface area contributed by atoms with E-state index in [0.717, 1.165) is 10.0 Å². The molecule has 5 heteroatoms. The number of nitro benzene ring substituents is 1. The molecule has 88 valence electrons. The van der Waals surface area contributed by atoms with Crippen molar-refractivity contribution < 1.29 is 9.66 Å². The van der Waals surface area contributed by atoms with Crippen LogP contribution in [0.15, 0.2) is 18.2 Å². The summed E-state index contributed by atoms with van der Waals surface area (Å²) in [6.07, 6.45) is 0. The van der Waals surface area contributed by atoms with Crippen LogP contribution in [0.2, 0.25) is 14.8 Å². The number of methoxy groups -OCH3 is 1. The summed E-state index contributed by atoms with van der Waals surface area (Å²) in [6.45, 7) is 0. The molecule has 0 aliphatic rings. The van der Waals surface area contributed by atoms with Crippen LogP contribution in [0.4, 0.5) is 5.69 Å². The summed E-state index contributed by atoms with van der Waals surface area (Å²) >= 11 is -1.94. The molecule has 0 spiro atoms. The molecule has 0 saturated carbocycles. The van der Waals surface area contributed by atoms with Crippen molar-refractivity contribution in [2.45, 2.75) is 19.3 Å². The van der Waals surface area contributed by atoms with Crippen LogP contribution in [-0.4, -0.2) is 30.4 Å². The molecule has 0 saturated heterocycles. The van der Waals surface area contributed by atoms with Crippen molar-refractivity contribution >= 4 is 24.1 Å². The van der Waals surface area contributed by atoms with Gasteiger partial charge in [0.1, 0.15) is 0 Å².